The lowest BCUT2D eigenvalue weighted by molar-refractivity contribution is 0.0602. The number of esters is 1. The van der Waals surface area contributed by atoms with Crippen molar-refractivity contribution in [1.82, 2.24) is 4.90 Å². The summed E-state index contributed by atoms with van der Waals surface area (Å²) in [6.07, 6.45) is 2.56. The van der Waals surface area contributed by atoms with E-state index in [2.05, 4.69) is 9.64 Å². The second-order valence-electron chi connectivity index (χ2n) is 5.64. The van der Waals surface area contributed by atoms with Gasteiger partial charge in [-0.25, -0.2) is 9.18 Å². The van der Waals surface area contributed by atoms with Crippen LogP contribution in [-0.4, -0.2) is 50.2 Å². The average Bonchev–Trinajstić information content (AvgIpc) is 3.32. The Morgan fingerprint density at radius 1 is 1.29 bits per heavy atom. The summed E-state index contributed by atoms with van der Waals surface area (Å²) < 4.78 is 18.9. The summed E-state index contributed by atoms with van der Waals surface area (Å²) in [5.41, 5.74) is 6.46. The Morgan fingerprint density at radius 2 is 1.95 bits per heavy atom. The summed E-state index contributed by atoms with van der Waals surface area (Å²) in [6.45, 7) is 3.39. The molecule has 0 atom stereocenters. The van der Waals surface area contributed by atoms with Crippen LogP contribution >= 0.6 is 0 Å². The first-order chi connectivity index (χ1) is 10.1. The van der Waals surface area contributed by atoms with Crippen molar-refractivity contribution in [2.75, 3.05) is 43.9 Å². The van der Waals surface area contributed by atoms with Crippen molar-refractivity contribution in [3.63, 3.8) is 0 Å². The van der Waals surface area contributed by atoms with Gasteiger partial charge in [0.15, 0.2) is 0 Å². The van der Waals surface area contributed by atoms with E-state index in [0.717, 1.165) is 32.2 Å². The minimum absolute atomic E-state index is 0.111. The van der Waals surface area contributed by atoms with Crippen molar-refractivity contribution in [3.8, 4) is 0 Å². The van der Waals surface area contributed by atoms with Gasteiger partial charge in [0.25, 0.3) is 0 Å². The van der Waals surface area contributed by atoms with Gasteiger partial charge in [-0.3, -0.25) is 4.90 Å². The molecule has 0 bridgehead atoms. The number of hydrogen-bond acceptors (Lipinski definition) is 5. The van der Waals surface area contributed by atoms with E-state index in [-0.39, 0.29) is 17.1 Å². The molecule has 114 valence electrons. The SMILES string of the molecule is COC(=O)c1cc(N2CCN(C3CC3)CC2)c(F)cc1N. The molecule has 2 aliphatic rings. The molecule has 21 heavy (non-hydrogen) atoms. The van der Waals surface area contributed by atoms with E-state index in [4.69, 9.17) is 5.73 Å². The number of nitrogens with two attached hydrogens (primary N) is 1. The number of halogens is 1. The number of nitrogen functional groups attached to an aromatic ring is 1. The number of nitrogens with zero attached hydrogens (tertiary/aromatic N) is 2. The Hall–Kier alpha value is -1.82. The topological polar surface area (TPSA) is 58.8 Å². The fraction of sp³-hybridized carbons (Fsp3) is 0.533. The Morgan fingerprint density at radius 3 is 2.52 bits per heavy atom. The van der Waals surface area contributed by atoms with E-state index in [1.165, 1.54) is 32.1 Å². The highest BCUT2D eigenvalue weighted by atomic mass is 19.1. The van der Waals surface area contributed by atoms with Crippen LogP contribution < -0.4 is 10.6 Å². The third-order valence-corrected chi connectivity index (χ3v) is 4.24. The summed E-state index contributed by atoms with van der Waals surface area (Å²) >= 11 is 0. The average molecular weight is 293 g/mol. The minimum Gasteiger partial charge on any atom is -0.465 e. The standard InChI is InChI=1S/C15H20FN3O2/c1-21-15(20)11-8-14(12(16)9-13(11)17)19-6-4-18(5-7-19)10-2-3-10/h8-10H,2-7,17H2,1H3. The van der Waals surface area contributed by atoms with Gasteiger partial charge in [0.2, 0.25) is 0 Å². The highest BCUT2D eigenvalue weighted by Gasteiger charge is 2.32. The van der Waals surface area contributed by atoms with Gasteiger partial charge in [-0.15, -0.1) is 0 Å². The van der Waals surface area contributed by atoms with E-state index >= 15 is 0 Å². The zero-order valence-electron chi connectivity index (χ0n) is 12.1. The van der Waals surface area contributed by atoms with Gasteiger partial charge in [0, 0.05) is 37.9 Å². The number of hydrogen-bond donors (Lipinski definition) is 1. The van der Waals surface area contributed by atoms with Gasteiger partial charge in [-0.05, 0) is 25.0 Å². The highest BCUT2D eigenvalue weighted by Crippen LogP contribution is 2.30. The number of methoxy groups -OCH3 is 1. The largest absolute Gasteiger partial charge is 0.465 e. The van der Waals surface area contributed by atoms with Crippen molar-refractivity contribution in [3.05, 3.63) is 23.5 Å². The van der Waals surface area contributed by atoms with Gasteiger partial charge in [0.1, 0.15) is 5.82 Å². The molecule has 5 nitrogen and oxygen atoms in total. The number of piperazine rings is 1. The lowest BCUT2D eigenvalue weighted by Gasteiger charge is -2.36. The van der Waals surface area contributed by atoms with Crippen molar-refractivity contribution >= 4 is 17.3 Å². The second-order valence-corrected chi connectivity index (χ2v) is 5.64. The molecular formula is C15H20FN3O2. The molecule has 1 aromatic carbocycles. The van der Waals surface area contributed by atoms with E-state index in [1.54, 1.807) is 0 Å². The van der Waals surface area contributed by atoms with Gasteiger partial charge < -0.3 is 15.4 Å². The van der Waals surface area contributed by atoms with Crippen LogP contribution in [0.2, 0.25) is 0 Å². The van der Waals surface area contributed by atoms with E-state index in [9.17, 15) is 9.18 Å². The number of rotatable bonds is 3. The Balaban J connectivity index is 1.79. The summed E-state index contributed by atoms with van der Waals surface area (Å²) in [4.78, 5) is 16.1. The van der Waals surface area contributed by atoms with Gasteiger partial charge in [0.05, 0.1) is 18.4 Å². The molecule has 3 rings (SSSR count). The van der Waals surface area contributed by atoms with Crippen LogP contribution in [-0.2, 0) is 4.74 Å². The van der Waals surface area contributed by atoms with Crippen LogP contribution in [0.3, 0.4) is 0 Å². The smallest absolute Gasteiger partial charge is 0.340 e. The molecular weight excluding hydrogens is 273 g/mol. The molecule has 2 fully saturated rings. The maximum Gasteiger partial charge on any atom is 0.340 e. The maximum absolute atomic E-state index is 14.2. The molecule has 1 saturated heterocycles. The van der Waals surface area contributed by atoms with E-state index in [0.29, 0.717) is 5.69 Å². The summed E-state index contributed by atoms with van der Waals surface area (Å²) in [6, 6.07) is 3.44. The summed E-state index contributed by atoms with van der Waals surface area (Å²) in [5.74, 6) is -0.926. The summed E-state index contributed by atoms with van der Waals surface area (Å²) in [7, 11) is 1.29. The zero-order valence-corrected chi connectivity index (χ0v) is 12.1. The molecule has 0 aromatic heterocycles. The molecule has 0 unspecified atom stereocenters. The van der Waals surface area contributed by atoms with Crippen molar-refractivity contribution in [1.29, 1.82) is 0 Å². The van der Waals surface area contributed by atoms with Crippen molar-refractivity contribution < 1.29 is 13.9 Å². The van der Waals surface area contributed by atoms with E-state index in [1.807, 2.05) is 4.90 Å². The van der Waals surface area contributed by atoms with Crippen molar-refractivity contribution in [2.45, 2.75) is 18.9 Å². The molecule has 6 heteroatoms. The van der Waals surface area contributed by atoms with Crippen molar-refractivity contribution in [2.24, 2.45) is 0 Å². The third kappa shape index (κ3) is 2.81. The predicted octanol–water partition coefficient (Wildman–Crippen LogP) is 1.48. The normalized spacial score (nSPS) is 19.6. The maximum atomic E-state index is 14.2. The van der Waals surface area contributed by atoms with Gasteiger partial charge in [-0.2, -0.15) is 0 Å². The van der Waals surface area contributed by atoms with Crippen LogP contribution in [0.1, 0.15) is 23.2 Å². The molecule has 1 saturated carbocycles. The fourth-order valence-corrected chi connectivity index (χ4v) is 2.87. The Labute approximate surface area is 123 Å². The Bertz CT molecular complexity index is 552. The Kier molecular flexibility index (Phi) is 3.71. The van der Waals surface area contributed by atoms with Crippen LogP contribution in [0, 0.1) is 5.82 Å². The molecule has 2 N–H and O–H groups in total. The third-order valence-electron chi connectivity index (χ3n) is 4.24. The first kappa shape index (κ1) is 14.1. The quantitative estimate of drug-likeness (QED) is 0.676. The number of anilines is 2. The first-order valence-corrected chi connectivity index (χ1v) is 7.26. The van der Waals surface area contributed by atoms with Gasteiger partial charge >= 0.3 is 5.97 Å². The molecule has 1 aliphatic carbocycles. The number of benzene rings is 1. The van der Waals surface area contributed by atoms with Crippen LogP contribution in [0.5, 0.6) is 0 Å². The minimum atomic E-state index is -0.537. The molecule has 1 aromatic rings. The highest BCUT2D eigenvalue weighted by molar-refractivity contribution is 5.96. The molecule has 1 aliphatic heterocycles. The monoisotopic (exact) mass is 293 g/mol. The lowest BCUT2D eigenvalue weighted by atomic mass is 10.1. The number of carbonyl (C=O) groups excluding carboxylic acids is 1. The zero-order chi connectivity index (χ0) is 15.0. The second kappa shape index (κ2) is 5.52. The van der Waals surface area contributed by atoms with Crippen LogP contribution in [0.25, 0.3) is 0 Å². The van der Waals surface area contributed by atoms with E-state index < -0.39 is 5.97 Å². The first-order valence-electron chi connectivity index (χ1n) is 7.26. The molecule has 1 heterocycles. The number of carbonyl (C=O) groups is 1. The predicted molar refractivity (Wildman–Crippen MR) is 79.0 cm³/mol. The number of ether oxygens (including phenoxy) is 1. The molecule has 0 amide bonds. The molecule has 0 radical (unpaired) electrons. The van der Waals surface area contributed by atoms with Crippen LogP contribution in [0.4, 0.5) is 15.8 Å². The fourth-order valence-electron chi connectivity index (χ4n) is 2.87. The van der Waals surface area contributed by atoms with Crippen LogP contribution in [0.15, 0.2) is 12.1 Å². The summed E-state index contributed by atoms with van der Waals surface area (Å²) in [5, 5.41) is 0. The molecule has 0 spiro atoms. The lowest BCUT2D eigenvalue weighted by Crippen LogP contribution is -2.47. The van der Waals surface area contributed by atoms with Gasteiger partial charge in [-0.1, -0.05) is 0 Å².